The first-order valence-electron chi connectivity index (χ1n) is 6.14. The number of hydrogen-bond donors (Lipinski definition) is 1. The first-order valence-corrected chi connectivity index (χ1v) is 6.14. The standard InChI is InChI=1S/C14H22O2/c15-11-7-3-4-8-12-16-13-14-9-5-1-2-6-10-14/h1-2,5,9-10,15H,3-4,6-8,11-13H2. The van der Waals surface area contributed by atoms with Gasteiger partial charge in [-0.1, -0.05) is 43.2 Å². The van der Waals surface area contributed by atoms with Crippen molar-refractivity contribution in [3.8, 4) is 0 Å². The number of ether oxygens (including phenoxy) is 1. The van der Waals surface area contributed by atoms with Crippen LogP contribution in [-0.4, -0.2) is 24.9 Å². The second kappa shape index (κ2) is 9.37. The van der Waals surface area contributed by atoms with E-state index < -0.39 is 0 Å². The molecule has 0 atom stereocenters. The van der Waals surface area contributed by atoms with Crippen LogP contribution in [0.3, 0.4) is 0 Å². The van der Waals surface area contributed by atoms with E-state index in [0.717, 1.165) is 45.3 Å². The van der Waals surface area contributed by atoms with Crippen molar-refractivity contribution in [3.05, 3.63) is 36.0 Å². The van der Waals surface area contributed by atoms with Crippen LogP contribution in [-0.2, 0) is 4.74 Å². The molecule has 2 heteroatoms. The summed E-state index contributed by atoms with van der Waals surface area (Å²) in [6.07, 6.45) is 15.8. The van der Waals surface area contributed by atoms with E-state index >= 15 is 0 Å². The van der Waals surface area contributed by atoms with Crippen LogP contribution in [0.2, 0.25) is 0 Å². The molecule has 1 aliphatic rings. The molecule has 0 unspecified atom stereocenters. The molecule has 0 aliphatic heterocycles. The molecule has 0 saturated heterocycles. The van der Waals surface area contributed by atoms with Crippen molar-refractivity contribution >= 4 is 0 Å². The van der Waals surface area contributed by atoms with E-state index in [1.165, 1.54) is 5.57 Å². The molecule has 0 bridgehead atoms. The minimum atomic E-state index is 0.311. The van der Waals surface area contributed by atoms with Crippen LogP contribution < -0.4 is 0 Å². The van der Waals surface area contributed by atoms with Gasteiger partial charge in [-0.05, 0) is 24.8 Å². The van der Waals surface area contributed by atoms with Crippen molar-refractivity contribution in [2.75, 3.05) is 19.8 Å². The molecule has 0 aromatic rings. The van der Waals surface area contributed by atoms with Crippen LogP contribution in [0, 0.1) is 0 Å². The fourth-order valence-corrected chi connectivity index (χ4v) is 1.59. The summed E-state index contributed by atoms with van der Waals surface area (Å²) in [5, 5.41) is 8.61. The molecular formula is C14H22O2. The van der Waals surface area contributed by atoms with Crippen LogP contribution in [0.5, 0.6) is 0 Å². The third-order valence-electron chi connectivity index (χ3n) is 2.54. The summed E-state index contributed by atoms with van der Waals surface area (Å²) in [5.74, 6) is 0. The fourth-order valence-electron chi connectivity index (χ4n) is 1.59. The zero-order valence-electron chi connectivity index (χ0n) is 9.90. The Hall–Kier alpha value is -0.860. The molecule has 1 N–H and O–H groups in total. The molecule has 0 fully saturated rings. The Morgan fingerprint density at radius 3 is 2.88 bits per heavy atom. The van der Waals surface area contributed by atoms with Gasteiger partial charge in [0, 0.05) is 13.2 Å². The Bertz CT molecular complexity index is 251. The maximum absolute atomic E-state index is 8.61. The number of unbranched alkanes of at least 4 members (excludes halogenated alkanes) is 3. The summed E-state index contributed by atoms with van der Waals surface area (Å²) in [4.78, 5) is 0. The third-order valence-corrected chi connectivity index (χ3v) is 2.54. The van der Waals surface area contributed by atoms with Gasteiger partial charge < -0.3 is 9.84 Å². The summed E-state index contributed by atoms with van der Waals surface area (Å²) in [5.41, 5.74) is 1.26. The van der Waals surface area contributed by atoms with Crippen LogP contribution in [0.25, 0.3) is 0 Å². The van der Waals surface area contributed by atoms with Gasteiger partial charge in [0.2, 0.25) is 0 Å². The number of aliphatic hydroxyl groups is 1. The van der Waals surface area contributed by atoms with Crippen molar-refractivity contribution in [1.82, 2.24) is 0 Å². The van der Waals surface area contributed by atoms with Gasteiger partial charge in [0.1, 0.15) is 0 Å². The normalized spacial score (nSPS) is 14.9. The average molecular weight is 222 g/mol. The van der Waals surface area contributed by atoms with Gasteiger partial charge in [-0.3, -0.25) is 0 Å². The van der Waals surface area contributed by atoms with Crippen LogP contribution in [0.4, 0.5) is 0 Å². The van der Waals surface area contributed by atoms with Gasteiger partial charge in [-0.25, -0.2) is 0 Å². The minimum absolute atomic E-state index is 0.311. The third kappa shape index (κ3) is 6.59. The quantitative estimate of drug-likeness (QED) is 0.640. The summed E-state index contributed by atoms with van der Waals surface area (Å²) in [6, 6.07) is 0. The lowest BCUT2D eigenvalue weighted by Crippen LogP contribution is -1.99. The van der Waals surface area contributed by atoms with Gasteiger partial charge in [-0.2, -0.15) is 0 Å². The molecule has 16 heavy (non-hydrogen) atoms. The number of rotatable bonds is 8. The summed E-state index contributed by atoms with van der Waals surface area (Å²) < 4.78 is 5.60. The van der Waals surface area contributed by atoms with E-state index in [9.17, 15) is 0 Å². The molecule has 90 valence electrons. The topological polar surface area (TPSA) is 29.5 Å². The fraction of sp³-hybridized carbons (Fsp3) is 0.571. The lowest BCUT2D eigenvalue weighted by atomic mass is 10.2. The highest BCUT2D eigenvalue weighted by atomic mass is 16.5. The van der Waals surface area contributed by atoms with Gasteiger partial charge in [0.15, 0.2) is 0 Å². The van der Waals surface area contributed by atoms with E-state index in [-0.39, 0.29) is 0 Å². The second-order valence-electron chi connectivity index (χ2n) is 3.99. The summed E-state index contributed by atoms with van der Waals surface area (Å²) in [7, 11) is 0. The zero-order valence-corrected chi connectivity index (χ0v) is 9.90. The molecule has 0 amide bonds. The van der Waals surface area contributed by atoms with Crippen LogP contribution >= 0.6 is 0 Å². The van der Waals surface area contributed by atoms with E-state index in [1.54, 1.807) is 0 Å². The largest absolute Gasteiger partial charge is 0.396 e. The molecule has 0 spiro atoms. The lowest BCUT2D eigenvalue weighted by molar-refractivity contribution is 0.152. The minimum Gasteiger partial charge on any atom is -0.396 e. The molecule has 0 aromatic heterocycles. The van der Waals surface area contributed by atoms with Crippen molar-refractivity contribution in [1.29, 1.82) is 0 Å². The number of hydrogen-bond acceptors (Lipinski definition) is 2. The van der Waals surface area contributed by atoms with Crippen molar-refractivity contribution in [2.45, 2.75) is 32.1 Å². The zero-order chi connectivity index (χ0) is 11.5. The monoisotopic (exact) mass is 222 g/mol. The molecule has 2 nitrogen and oxygen atoms in total. The van der Waals surface area contributed by atoms with E-state index in [4.69, 9.17) is 9.84 Å². The average Bonchev–Trinajstić information content (AvgIpc) is 2.56. The highest BCUT2D eigenvalue weighted by Crippen LogP contribution is 2.06. The first kappa shape index (κ1) is 13.2. The second-order valence-corrected chi connectivity index (χ2v) is 3.99. The maximum atomic E-state index is 8.61. The number of aliphatic hydroxyl groups excluding tert-OH is 1. The maximum Gasteiger partial charge on any atom is 0.0713 e. The summed E-state index contributed by atoms with van der Waals surface area (Å²) >= 11 is 0. The Morgan fingerprint density at radius 1 is 1.12 bits per heavy atom. The lowest BCUT2D eigenvalue weighted by Gasteiger charge is -2.04. The van der Waals surface area contributed by atoms with Gasteiger partial charge in [0.05, 0.1) is 6.61 Å². The predicted molar refractivity (Wildman–Crippen MR) is 67.4 cm³/mol. The molecular weight excluding hydrogens is 200 g/mol. The Kier molecular flexibility index (Phi) is 7.74. The SMILES string of the molecule is OCCCCCCOCC1=CCC=CC=C1. The van der Waals surface area contributed by atoms with Gasteiger partial charge in [-0.15, -0.1) is 0 Å². The molecule has 0 heterocycles. The smallest absolute Gasteiger partial charge is 0.0713 e. The Labute approximate surface area is 98.3 Å². The molecule has 1 aliphatic carbocycles. The number of allylic oxidation sites excluding steroid dienone is 4. The predicted octanol–water partition coefficient (Wildman–Crippen LogP) is 3.00. The van der Waals surface area contributed by atoms with Gasteiger partial charge in [0.25, 0.3) is 0 Å². The summed E-state index contributed by atoms with van der Waals surface area (Å²) in [6.45, 7) is 1.85. The van der Waals surface area contributed by atoms with Crippen LogP contribution in [0.15, 0.2) is 36.0 Å². The Morgan fingerprint density at radius 2 is 2.00 bits per heavy atom. The van der Waals surface area contributed by atoms with E-state index in [1.807, 2.05) is 0 Å². The Balaban J connectivity index is 1.96. The van der Waals surface area contributed by atoms with E-state index in [0.29, 0.717) is 6.61 Å². The van der Waals surface area contributed by atoms with Crippen molar-refractivity contribution < 1.29 is 9.84 Å². The molecule has 0 aromatic carbocycles. The first-order chi connectivity index (χ1) is 7.93. The molecule has 0 radical (unpaired) electrons. The highest BCUT2D eigenvalue weighted by molar-refractivity contribution is 5.26. The van der Waals surface area contributed by atoms with E-state index in [2.05, 4.69) is 30.4 Å². The van der Waals surface area contributed by atoms with Crippen molar-refractivity contribution in [2.24, 2.45) is 0 Å². The van der Waals surface area contributed by atoms with Crippen LogP contribution in [0.1, 0.15) is 32.1 Å². The molecule has 1 rings (SSSR count). The van der Waals surface area contributed by atoms with Crippen molar-refractivity contribution in [3.63, 3.8) is 0 Å². The highest BCUT2D eigenvalue weighted by Gasteiger charge is 1.95. The molecule has 0 saturated carbocycles. The van der Waals surface area contributed by atoms with Gasteiger partial charge >= 0.3 is 0 Å².